The molecule has 130 valence electrons. The van der Waals surface area contributed by atoms with Crippen molar-refractivity contribution in [1.82, 2.24) is 0 Å². The van der Waals surface area contributed by atoms with Crippen molar-refractivity contribution in [2.24, 2.45) is 5.92 Å². The highest BCUT2D eigenvalue weighted by Gasteiger charge is 2.53. The lowest BCUT2D eigenvalue weighted by molar-refractivity contribution is 0.00578. The normalized spacial score (nSPS) is 22.7. The summed E-state index contributed by atoms with van der Waals surface area (Å²) in [6, 6.07) is 4.76. The predicted molar refractivity (Wildman–Crippen MR) is 91.5 cm³/mol. The first-order valence-electron chi connectivity index (χ1n) is 8.36. The summed E-state index contributed by atoms with van der Waals surface area (Å²) in [5.41, 5.74) is -1.09. The van der Waals surface area contributed by atoms with E-state index in [1.54, 1.807) is 12.1 Å². The van der Waals surface area contributed by atoms with Gasteiger partial charge in [-0.1, -0.05) is 6.07 Å². The Balaban J connectivity index is 1.74. The number of phenols is 1. The van der Waals surface area contributed by atoms with Gasteiger partial charge in [0.25, 0.3) is 0 Å². The molecule has 24 heavy (non-hydrogen) atoms. The highest BCUT2D eigenvalue weighted by Crippen LogP contribution is 2.39. The van der Waals surface area contributed by atoms with E-state index in [1.165, 1.54) is 12.1 Å². The van der Waals surface area contributed by atoms with E-state index >= 15 is 0 Å². The molecular formula is C18H24BFO4. The molecule has 1 aliphatic carbocycles. The summed E-state index contributed by atoms with van der Waals surface area (Å²) in [6.07, 6.45) is 3.68. The minimum Gasteiger partial charge on any atom is -0.504 e. The topological polar surface area (TPSA) is 47.9 Å². The Morgan fingerprint density at radius 1 is 1.29 bits per heavy atom. The molecule has 1 aromatic rings. The Labute approximate surface area is 142 Å². The Kier molecular flexibility index (Phi) is 4.38. The second kappa shape index (κ2) is 6.08. The maximum absolute atomic E-state index is 14.5. The van der Waals surface area contributed by atoms with E-state index in [1.807, 2.05) is 27.7 Å². The van der Waals surface area contributed by atoms with E-state index in [0.717, 1.165) is 12.8 Å². The molecule has 2 fully saturated rings. The molecular weight excluding hydrogens is 310 g/mol. The van der Waals surface area contributed by atoms with Crippen LogP contribution in [0.3, 0.4) is 0 Å². The number of phenolic OH excluding ortho intramolecular Hbond substituents is 1. The minimum atomic E-state index is -1.03. The van der Waals surface area contributed by atoms with E-state index < -0.39 is 24.0 Å². The Morgan fingerprint density at radius 3 is 2.50 bits per heavy atom. The number of ether oxygens (including phenoxy) is 1. The lowest BCUT2D eigenvalue weighted by Gasteiger charge is -2.32. The van der Waals surface area contributed by atoms with Crippen LogP contribution >= 0.6 is 0 Å². The van der Waals surface area contributed by atoms with Crippen molar-refractivity contribution in [3.05, 3.63) is 29.5 Å². The van der Waals surface area contributed by atoms with Crippen molar-refractivity contribution in [3.8, 4) is 11.5 Å². The maximum Gasteiger partial charge on any atom is 0.525 e. The molecule has 1 aliphatic heterocycles. The van der Waals surface area contributed by atoms with Gasteiger partial charge in [0.2, 0.25) is 0 Å². The fourth-order valence-electron chi connectivity index (χ4n) is 2.41. The van der Waals surface area contributed by atoms with Crippen molar-refractivity contribution >= 4 is 13.2 Å². The van der Waals surface area contributed by atoms with Crippen LogP contribution in [0.25, 0.3) is 6.08 Å². The van der Waals surface area contributed by atoms with Crippen molar-refractivity contribution < 1.29 is 23.5 Å². The first-order valence-corrected chi connectivity index (χ1v) is 8.36. The third-order valence-electron chi connectivity index (χ3n) is 4.94. The van der Waals surface area contributed by atoms with Crippen molar-refractivity contribution in [2.75, 3.05) is 6.61 Å². The van der Waals surface area contributed by atoms with Crippen LogP contribution < -0.4 is 4.74 Å². The summed E-state index contributed by atoms with van der Waals surface area (Å²) in [7, 11) is -1.03. The van der Waals surface area contributed by atoms with Gasteiger partial charge in [-0.3, -0.25) is 0 Å². The second-order valence-electron chi connectivity index (χ2n) is 7.60. The van der Waals surface area contributed by atoms with Gasteiger partial charge in [-0.05, 0) is 70.2 Å². The summed E-state index contributed by atoms with van der Waals surface area (Å²) in [5.74, 6) is 1.01. The molecule has 6 heteroatoms. The molecule has 0 spiro atoms. The molecule has 3 rings (SSSR count). The third-order valence-corrected chi connectivity index (χ3v) is 4.94. The van der Waals surface area contributed by atoms with Gasteiger partial charge in [0.1, 0.15) is 5.73 Å². The van der Waals surface area contributed by atoms with Crippen LogP contribution in [0.1, 0.15) is 46.1 Å². The molecule has 1 saturated heterocycles. The molecule has 0 bridgehead atoms. The maximum atomic E-state index is 14.5. The summed E-state index contributed by atoms with van der Waals surface area (Å²) in [4.78, 5) is 0. The fraction of sp³-hybridized carbons (Fsp3) is 0.556. The second-order valence-corrected chi connectivity index (χ2v) is 7.60. The lowest BCUT2D eigenvalue weighted by atomic mass is 9.87. The minimum absolute atomic E-state index is 0.0591. The standard InChI is InChI=1S/C18H24BFO4/c1-17(2)18(3,4)24-19(23-17)16(20)10-13-7-8-14(21)15(9-13)22-11-12-5-6-12/h7-10,12,21H,5-6,11H2,1-4H3. The zero-order chi connectivity index (χ0) is 17.5. The van der Waals surface area contributed by atoms with Crippen molar-refractivity contribution in [3.63, 3.8) is 0 Å². The van der Waals surface area contributed by atoms with Crippen LogP contribution in [0.4, 0.5) is 4.39 Å². The smallest absolute Gasteiger partial charge is 0.504 e. The fourth-order valence-corrected chi connectivity index (χ4v) is 2.41. The zero-order valence-electron chi connectivity index (χ0n) is 14.6. The van der Waals surface area contributed by atoms with Gasteiger partial charge in [0.15, 0.2) is 11.5 Å². The highest BCUT2D eigenvalue weighted by atomic mass is 19.1. The SMILES string of the molecule is CC1(C)OB(C(F)=Cc2ccc(O)c(OCC3CC3)c2)OC1(C)C. The molecule has 0 radical (unpaired) electrons. The number of aromatic hydroxyl groups is 1. The average molecular weight is 334 g/mol. The van der Waals surface area contributed by atoms with Crippen LogP contribution in [0.5, 0.6) is 11.5 Å². The number of benzene rings is 1. The van der Waals surface area contributed by atoms with Gasteiger partial charge >= 0.3 is 7.12 Å². The molecule has 0 unspecified atom stereocenters. The molecule has 0 atom stereocenters. The lowest BCUT2D eigenvalue weighted by Crippen LogP contribution is -2.41. The number of hydrogen-bond acceptors (Lipinski definition) is 4. The number of rotatable bonds is 5. The van der Waals surface area contributed by atoms with E-state index in [-0.39, 0.29) is 5.75 Å². The molecule has 0 aromatic heterocycles. The molecule has 0 amide bonds. The van der Waals surface area contributed by atoms with E-state index in [0.29, 0.717) is 23.8 Å². The Hall–Kier alpha value is -1.53. The van der Waals surface area contributed by atoms with Gasteiger partial charge in [-0.2, -0.15) is 0 Å². The van der Waals surface area contributed by atoms with Gasteiger partial charge in [-0.25, -0.2) is 4.39 Å². The highest BCUT2D eigenvalue weighted by molar-refractivity contribution is 6.54. The van der Waals surface area contributed by atoms with E-state index in [9.17, 15) is 9.50 Å². The molecule has 1 aromatic carbocycles. The van der Waals surface area contributed by atoms with Gasteiger partial charge < -0.3 is 19.2 Å². The van der Waals surface area contributed by atoms with E-state index in [2.05, 4.69) is 0 Å². The quantitative estimate of drug-likeness (QED) is 0.823. The number of hydrogen-bond donors (Lipinski definition) is 1. The molecule has 1 N–H and O–H groups in total. The Bertz CT molecular complexity index is 636. The first-order chi connectivity index (χ1) is 11.2. The van der Waals surface area contributed by atoms with Crippen LogP contribution in [0.15, 0.2) is 23.9 Å². The molecule has 1 heterocycles. The summed E-state index contributed by atoms with van der Waals surface area (Å²) >= 11 is 0. The average Bonchev–Trinajstić information content (AvgIpc) is 3.27. The zero-order valence-corrected chi connectivity index (χ0v) is 14.6. The van der Waals surface area contributed by atoms with Crippen molar-refractivity contribution in [2.45, 2.75) is 51.7 Å². The summed E-state index contributed by atoms with van der Waals surface area (Å²) < 4.78 is 31.5. The summed E-state index contributed by atoms with van der Waals surface area (Å²) in [6.45, 7) is 8.10. The van der Waals surface area contributed by atoms with Gasteiger partial charge in [-0.15, -0.1) is 0 Å². The molecule has 2 aliphatic rings. The van der Waals surface area contributed by atoms with E-state index in [4.69, 9.17) is 14.0 Å². The van der Waals surface area contributed by atoms with Crippen LogP contribution in [0, 0.1) is 5.92 Å². The van der Waals surface area contributed by atoms with Gasteiger partial charge in [0.05, 0.1) is 17.8 Å². The molecule has 4 nitrogen and oxygen atoms in total. The monoisotopic (exact) mass is 334 g/mol. The van der Waals surface area contributed by atoms with Crippen LogP contribution in [0.2, 0.25) is 0 Å². The van der Waals surface area contributed by atoms with Crippen LogP contribution in [-0.4, -0.2) is 30.0 Å². The largest absolute Gasteiger partial charge is 0.525 e. The predicted octanol–water partition coefficient (Wildman–Crippen LogP) is 4.12. The van der Waals surface area contributed by atoms with Crippen molar-refractivity contribution in [1.29, 1.82) is 0 Å². The van der Waals surface area contributed by atoms with Gasteiger partial charge in [0, 0.05) is 0 Å². The third kappa shape index (κ3) is 3.60. The first kappa shape index (κ1) is 17.3. The Morgan fingerprint density at radius 2 is 1.92 bits per heavy atom. The summed E-state index contributed by atoms with van der Waals surface area (Å²) in [5, 5.41) is 9.86. The van der Waals surface area contributed by atoms with Crippen LogP contribution in [-0.2, 0) is 9.31 Å². The number of halogens is 1. The molecule has 1 saturated carbocycles.